The average molecular weight is 260 g/mol. The van der Waals surface area contributed by atoms with E-state index in [0.717, 1.165) is 18.3 Å². The molecule has 6 heteroatoms. The molecule has 2 aliphatic heterocycles. The van der Waals surface area contributed by atoms with Gasteiger partial charge in [0.05, 0.1) is 0 Å². The summed E-state index contributed by atoms with van der Waals surface area (Å²) in [5.74, 6) is 0. The molecule has 0 aliphatic carbocycles. The summed E-state index contributed by atoms with van der Waals surface area (Å²) < 4.78 is 0. The molecule has 0 N–H and O–H groups in total. The number of likely N-dealkylation sites (N-methyl/N-ethyl adjacent to an activating group) is 1. The summed E-state index contributed by atoms with van der Waals surface area (Å²) in [4.78, 5) is 11.8. The first-order valence-corrected chi connectivity index (χ1v) is 7.89. The van der Waals surface area contributed by atoms with E-state index in [0.29, 0.717) is 5.50 Å². The van der Waals surface area contributed by atoms with E-state index in [1.807, 2.05) is 10.8 Å². The Morgan fingerprint density at radius 3 is 2.75 bits per heavy atom. The van der Waals surface area contributed by atoms with Gasteiger partial charge in [-0.25, -0.2) is 4.99 Å². The van der Waals surface area contributed by atoms with Crippen molar-refractivity contribution in [1.29, 1.82) is 0 Å². The molecule has 2 aliphatic rings. The predicted octanol–water partition coefficient (Wildman–Crippen LogP) is 1.22. The molecule has 1 unspecified atom stereocenters. The molecule has 16 heavy (non-hydrogen) atoms. The van der Waals surface area contributed by atoms with Crippen molar-refractivity contribution in [2.45, 2.75) is 11.9 Å². The molecule has 2 rings (SSSR count). The molecule has 2 heterocycles. The molecular formula is C10H20N4S2. The summed E-state index contributed by atoms with van der Waals surface area (Å²) in [6.07, 6.45) is 1.26. The fourth-order valence-corrected chi connectivity index (χ4v) is 4.44. The van der Waals surface area contributed by atoms with Gasteiger partial charge in [0.25, 0.3) is 0 Å². The Bertz CT molecular complexity index is 270. The molecule has 0 amide bonds. The topological polar surface area (TPSA) is 22.1 Å². The monoisotopic (exact) mass is 260 g/mol. The molecule has 4 nitrogen and oxygen atoms in total. The molecule has 0 bridgehead atoms. The Morgan fingerprint density at radius 2 is 2.06 bits per heavy atom. The van der Waals surface area contributed by atoms with Gasteiger partial charge < -0.3 is 9.80 Å². The van der Waals surface area contributed by atoms with Crippen molar-refractivity contribution in [2.24, 2.45) is 4.99 Å². The normalized spacial score (nSPS) is 28.9. The van der Waals surface area contributed by atoms with E-state index in [-0.39, 0.29) is 0 Å². The average Bonchev–Trinajstić information content (AvgIpc) is 2.63. The van der Waals surface area contributed by atoms with Gasteiger partial charge in [0, 0.05) is 33.7 Å². The maximum absolute atomic E-state index is 4.75. The van der Waals surface area contributed by atoms with Gasteiger partial charge in [-0.05, 0) is 41.6 Å². The lowest BCUT2D eigenvalue weighted by molar-refractivity contribution is 0.266. The summed E-state index contributed by atoms with van der Waals surface area (Å²) in [6, 6.07) is 0. The first kappa shape index (κ1) is 12.5. The number of hydrogen-bond donors (Lipinski definition) is 0. The minimum absolute atomic E-state index is 0.328. The summed E-state index contributed by atoms with van der Waals surface area (Å²) in [5.41, 5.74) is 0.328. The van der Waals surface area contributed by atoms with Gasteiger partial charge in [0.15, 0.2) is 10.7 Å². The molecule has 1 atom stereocenters. The molecule has 0 aromatic carbocycles. The second-order valence-corrected chi connectivity index (χ2v) is 6.73. The first-order chi connectivity index (χ1) is 7.66. The van der Waals surface area contributed by atoms with Crippen molar-refractivity contribution in [1.82, 2.24) is 14.7 Å². The molecule has 0 saturated carbocycles. The second kappa shape index (κ2) is 5.62. The van der Waals surface area contributed by atoms with Crippen molar-refractivity contribution in [3.63, 3.8) is 0 Å². The van der Waals surface area contributed by atoms with E-state index >= 15 is 0 Å². The maximum Gasteiger partial charge on any atom is 0.172 e. The van der Waals surface area contributed by atoms with Crippen LogP contribution in [0.1, 0.15) is 6.42 Å². The quantitative estimate of drug-likeness (QED) is 0.659. The van der Waals surface area contributed by atoms with Crippen LogP contribution in [0.5, 0.6) is 0 Å². The van der Waals surface area contributed by atoms with Gasteiger partial charge in [-0.15, -0.1) is 0 Å². The van der Waals surface area contributed by atoms with Crippen molar-refractivity contribution in [3.05, 3.63) is 0 Å². The fraction of sp³-hybridized carbons (Fsp3) is 0.900. The Hall–Kier alpha value is 0.0900. The standard InChI is InChI=1S/C10H20N4S2/c1-12(2)9-11-10(16-15-9)14-6-4-5-13(3)7-8-14/h10H,4-8H2,1-3H3. The van der Waals surface area contributed by atoms with Gasteiger partial charge in [-0.1, -0.05) is 0 Å². The lowest BCUT2D eigenvalue weighted by Crippen LogP contribution is -2.34. The van der Waals surface area contributed by atoms with Crippen LogP contribution < -0.4 is 0 Å². The van der Waals surface area contributed by atoms with Gasteiger partial charge in [0.2, 0.25) is 0 Å². The Morgan fingerprint density at radius 1 is 1.25 bits per heavy atom. The van der Waals surface area contributed by atoms with Crippen molar-refractivity contribution in [3.8, 4) is 0 Å². The highest BCUT2D eigenvalue weighted by Gasteiger charge is 2.27. The van der Waals surface area contributed by atoms with E-state index in [4.69, 9.17) is 4.99 Å². The minimum atomic E-state index is 0.328. The van der Waals surface area contributed by atoms with E-state index in [1.165, 1.54) is 19.5 Å². The molecule has 0 spiro atoms. The third kappa shape index (κ3) is 3.06. The van der Waals surface area contributed by atoms with Crippen molar-refractivity contribution >= 4 is 26.8 Å². The van der Waals surface area contributed by atoms with Crippen LogP contribution in [0.2, 0.25) is 0 Å². The zero-order chi connectivity index (χ0) is 11.5. The van der Waals surface area contributed by atoms with Gasteiger partial charge in [0.1, 0.15) is 0 Å². The van der Waals surface area contributed by atoms with Crippen LogP contribution in [0, 0.1) is 0 Å². The Balaban J connectivity index is 1.93. The van der Waals surface area contributed by atoms with Crippen molar-refractivity contribution < 1.29 is 0 Å². The number of amidine groups is 1. The highest BCUT2D eigenvalue weighted by Crippen LogP contribution is 2.38. The van der Waals surface area contributed by atoms with Crippen LogP contribution >= 0.6 is 21.6 Å². The smallest absolute Gasteiger partial charge is 0.172 e. The first-order valence-electron chi connectivity index (χ1n) is 5.68. The number of nitrogens with zero attached hydrogens (tertiary/aromatic N) is 4. The van der Waals surface area contributed by atoms with Gasteiger partial charge >= 0.3 is 0 Å². The summed E-state index contributed by atoms with van der Waals surface area (Å²) in [6.45, 7) is 4.69. The molecule has 0 aromatic rings. The third-order valence-corrected chi connectivity index (χ3v) is 5.42. The molecule has 1 saturated heterocycles. The van der Waals surface area contributed by atoms with E-state index in [9.17, 15) is 0 Å². The number of rotatable bonds is 1. The predicted molar refractivity (Wildman–Crippen MR) is 73.8 cm³/mol. The summed E-state index contributed by atoms with van der Waals surface area (Å²) >= 11 is 0. The molecule has 92 valence electrons. The van der Waals surface area contributed by atoms with Crippen LogP contribution in [-0.4, -0.2) is 72.7 Å². The lowest BCUT2D eigenvalue weighted by atomic mass is 10.4. The zero-order valence-corrected chi connectivity index (χ0v) is 11.9. The second-order valence-electron chi connectivity index (χ2n) is 4.50. The van der Waals surface area contributed by atoms with Crippen LogP contribution in [0.4, 0.5) is 0 Å². The number of aliphatic imine (C=N–C) groups is 1. The highest BCUT2D eigenvalue weighted by atomic mass is 33.1. The maximum atomic E-state index is 4.75. The Labute approximate surface area is 106 Å². The molecule has 1 fully saturated rings. The lowest BCUT2D eigenvalue weighted by Gasteiger charge is -2.23. The molecule has 0 radical (unpaired) electrons. The van der Waals surface area contributed by atoms with Crippen molar-refractivity contribution in [2.75, 3.05) is 47.3 Å². The van der Waals surface area contributed by atoms with Gasteiger partial charge in [-0.2, -0.15) is 0 Å². The van der Waals surface area contributed by atoms with Gasteiger partial charge in [-0.3, -0.25) is 4.90 Å². The molecule has 0 aromatic heterocycles. The minimum Gasteiger partial charge on any atom is -0.357 e. The highest BCUT2D eigenvalue weighted by molar-refractivity contribution is 8.82. The van der Waals surface area contributed by atoms with Crippen LogP contribution in [0.3, 0.4) is 0 Å². The van der Waals surface area contributed by atoms with E-state index < -0.39 is 0 Å². The fourth-order valence-electron chi connectivity index (χ4n) is 1.84. The Kier molecular flexibility index (Phi) is 4.41. The van der Waals surface area contributed by atoms with Crippen LogP contribution in [-0.2, 0) is 0 Å². The SMILES string of the molecule is CN1CCCN(C2N=C(N(C)C)SS2)CC1. The van der Waals surface area contributed by atoms with Crippen LogP contribution in [0.15, 0.2) is 4.99 Å². The third-order valence-electron chi connectivity index (χ3n) is 2.88. The molecular weight excluding hydrogens is 240 g/mol. The summed E-state index contributed by atoms with van der Waals surface area (Å²) in [5, 5.41) is 1.15. The summed E-state index contributed by atoms with van der Waals surface area (Å²) in [7, 11) is 10.00. The largest absolute Gasteiger partial charge is 0.357 e. The number of hydrogen-bond acceptors (Lipinski definition) is 6. The van der Waals surface area contributed by atoms with E-state index in [2.05, 4.69) is 35.8 Å². The zero-order valence-electron chi connectivity index (χ0n) is 10.2. The van der Waals surface area contributed by atoms with Crippen LogP contribution in [0.25, 0.3) is 0 Å². The van der Waals surface area contributed by atoms with E-state index in [1.54, 1.807) is 10.8 Å².